The van der Waals surface area contributed by atoms with Crippen LogP contribution in [0.5, 0.6) is 5.75 Å². The molecule has 1 aliphatic heterocycles. The Balaban J connectivity index is 2.30. The number of nitrogens with one attached hydrogen (secondary N) is 1. The molecule has 90 valence electrons. The number of hydrogen-bond donors (Lipinski definition) is 1. The van der Waals surface area contributed by atoms with Gasteiger partial charge in [0.2, 0.25) is 0 Å². The Morgan fingerprint density at radius 1 is 1.24 bits per heavy atom. The smallest absolute Gasteiger partial charge is 0.317 e. The van der Waals surface area contributed by atoms with Gasteiger partial charge in [-0.25, -0.2) is 0 Å². The summed E-state index contributed by atoms with van der Waals surface area (Å²) in [5.41, 5.74) is -0.707. The second-order valence-corrected chi connectivity index (χ2v) is 3.56. The Kier molecular flexibility index (Phi) is 2.88. The average molecular weight is 239 g/mol. The van der Waals surface area contributed by atoms with Crippen molar-refractivity contribution in [3.8, 4) is 5.75 Å². The van der Waals surface area contributed by atoms with Crippen LogP contribution in [0.4, 0.5) is 11.4 Å². The van der Waals surface area contributed by atoms with Gasteiger partial charge in [0.25, 0.3) is 5.69 Å². The number of nitro groups is 2. The van der Waals surface area contributed by atoms with Crippen molar-refractivity contribution < 1.29 is 14.6 Å². The summed E-state index contributed by atoms with van der Waals surface area (Å²) in [7, 11) is 0. The third-order valence-corrected chi connectivity index (χ3v) is 2.39. The van der Waals surface area contributed by atoms with Crippen molar-refractivity contribution in [3.05, 3.63) is 38.4 Å². The van der Waals surface area contributed by atoms with Crippen molar-refractivity contribution in [1.82, 2.24) is 5.32 Å². The van der Waals surface area contributed by atoms with Crippen LogP contribution < -0.4 is 10.1 Å². The van der Waals surface area contributed by atoms with Gasteiger partial charge in [0.1, 0.15) is 6.10 Å². The number of ether oxygens (including phenoxy) is 1. The van der Waals surface area contributed by atoms with Gasteiger partial charge in [0.05, 0.1) is 15.9 Å². The van der Waals surface area contributed by atoms with E-state index < -0.39 is 9.85 Å². The fourth-order valence-corrected chi connectivity index (χ4v) is 1.39. The number of rotatable bonds is 4. The predicted octanol–water partition coefficient (Wildman–Crippen LogP) is 0.854. The molecule has 1 N–H and O–H groups in total. The lowest BCUT2D eigenvalue weighted by atomic mass is 10.2. The average Bonchev–Trinajstić information content (AvgIpc) is 2.23. The van der Waals surface area contributed by atoms with Crippen LogP contribution in [0.3, 0.4) is 0 Å². The number of hydrogen-bond acceptors (Lipinski definition) is 6. The predicted molar refractivity (Wildman–Crippen MR) is 57.0 cm³/mol. The van der Waals surface area contributed by atoms with Crippen LogP contribution in [0.1, 0.15) is 0 Å². The van der Waals surface area contributed by atoms with E-state index in [4.69, 9.17) is 4.74 Å². The molecule has 0 saturated carbocycles. The molecular weight excluding hydrogens is 230 g/mol. The van der Waals surface area contributed by atoms with Gasteiger partial charge in [-0.05, 0) is 6.07 Å². The maximum absolute atomic E-state index is 10.8. The molecule has 1 heterocycles. The van der Waals surface area contributed by atoms with Gasteiger partial charge in [-0.15, -0.1) is 0 Å². The van der Waals surface area contributed by atoms with Gasteiger partial charge >= 0.3 is 5.69 Å². The number of nitro benzene ring substituents is 2. The summed E-state index contributed by atoms with van der Waals surface area (Å²) in [6.07, 6.45) is -0.116. The highest BCUT2D eigenvalue weighted by Crippen LogP contribution is 2.31. The molecule has 0 aromatic heterocycles. The fourth-order valence-electron chi connectivity index (χ4n) is 1.39. The van der Waals surface area contributed by atoms with Crippen LogP contribution >= 0.6 is 0 Å². The zero-order valence-corrected chi connectivity index (χ0v) is 8.66. The molecule has 0 unspecified atom stereocenters. The zero-order valence-electron chi connectivity index (χ0n) is 8.66. The van der Waals surface area contributed by atoms with E-state index in [1.807, 2.05) is 0 Å². The van der Waals surface area contributed by atoms with Crippen molar-refractivity contribution in [3.63, 3.8) is 0 Å². The molecule has 0 radical (unpaired) electrons. The maximum atomic E-state index is 10.8. The SMILES string of the molecule is O=[N+]([O-])c1ccc(OC2CNC2)c([N+](=O)[O-])c1. The van der Waals surface area contributed by atoms with Gasteiger partial charge in [0.15, 0.2) is 5.75 Å². The van der Waals surface area contributed by atoms with Crippen molar-refractivity contribution in [2.24, 2.45) is 0 Å². The molecule has 8 heteroatoms. The number of benzene rings is 1. The first-order valence-electron chi connectivity index (χ1n) is 4.88. The Morgan fingerprint density at radius 2 is 1.94 bits per heavy atom. The molecule has 0 amide bonds. The lowest BCUT2D eigenvalue weighted by Crippen LogP contribution is -2.50. The summed E-state index contributed by atoms with van der Waals surface area (Å²) in [6, 6.07) is 3.35. The minimum absolute atomic E-state index is 0.0621. The van der Waals surface area contributed by atoms with Crippen LogP contribution in [0, 0.1) is 20.2 Å². The Bertz CT molecular complexity index is 472. The van der Waals surface area contributed by atoms with Crippen molar-refractivity contribution >= 4 is 11.4 Å². The highest BCUT2D eigenvalue weighted by Gasteiger charge is 2.25. The monoisotopic (exact) mass is 239 g/mol. The van der Waals surface area contributed by atoms with Gasteiger partial charge in [-0.2, -0.15) is 0 Å². The van der Waals surface area contributed by atoms with Crippen molar-refractivity contribution in [1.29, 1.82) is 0 Å². The van der Waals surface area contributed by atoms with Gasteiger partial charge in [-0.3, -0.25) is 20.2 Å². The van der Waals surface area contributed by atoms with E-state index in [0.29, 0.717) is 13.1 Å². The molecule has 1 aliphatic rings. The Morgan fingerprint density at radius 3 is 2.41 bits per heavy atom. The summed E-state index contributed by atoms with van der Waals surface area (Å²) in [4.78, 5) is 19.9. The van der Waals surface area contributed by atoms with Crippen LogP contribution in [0.15, 0.2) is 18.2 Å². The van der Waals surface area contributed by atoms with Crippen LogP contribution in [0.25, 0.3) is 0 Å². The molecule has 1 aromatic carbocycles. The summed E-state index contributed by atoms with van der Waals surface area (Å²) >= 11 is 0. The Labute approximate surface area is 95.5 Å². The minimum Gasteiger partial charge on any atom is -0.481 e. The van der Waals surface area contributed by atoms with Crippen LogP contribution in [0.2, 0.25) is 0 Å². The molecule has 17 heavy (non-hydrogen) atoms. The van der Waals surface area contributed by atoms with E-state index in [0.717, 1.165) is 6.07 Å². The molecule has 0 atom stereocenters. The first kappa shape index (κ1) is 11.3. The van der Waals surface area contributed by atoms with E-state index >= 15 is 0 Å². The fraction of sp³-hybridized carbons (Fsp3) is 0.333. The largest absolute Gasteiger partial charge is 0.481 e. The van der Waals surface area contributed by atoms with Gasteiger partial charge < -0.3 is 10.1 Å². The standard InChI is InChI=1S/C9H9N3O5/c13-11(14)6-1-2-9(8(3-6)12(15)16)17-7-4-10-5-7/h1-3,7,10H,4-5H2. The van der Waals surface area contributed by atoms with Crippen LogP contribution in [-0.4, -0.2) is 29.0 Å². The Hall–Kier alpha value is -2.22. The van der Waals surface area contributed by atoms with Gasteiger partial charge in [0, 0.05) is 19.2 Å². The molecule has 0 aliphatic carbocycles. The van der Waals surface area contributed by atoms with Crippen molar-refractivity contribution in [2.75, 3.05) is 13.1 Å². The van der Waals surface area contributed by atoms with E-state index in [1.165, 1.54) is 12.1 Å². The first-order chi connectivity index (χ1) is 8.08. The van der Waals surface area contributed by atoms with Crippen LogP contribution in [-0.2, 0) is 0 Å². The number of nitrogens with zero attached hydrogens (tertiary/aromatic N) is 2. The third kappa shape index (κ3) is 2.31. The minimum atomic E-state index is -0.686. The first-order valence-corrected chi connectivity index (χ1v) is 4.88. The van der Waals surface area contributed by atoms with E-state index in [-0.39, 0.29) is 23.2 Å². The van der Waals surface area contributed by atoms with E-state index in [1.54, 1.807) is 0 Å². The lowest BCUT2D eigenvalue weighted by Gasteiger charge is -2.27. The number of non-ortho nitro benzene ring substituents is 1. The highest BCUT2D eigenvalue weighted by atomic mass is 16.6. The molecule has 0 spiro atoms. The van der Waals surface area contributed by atoms with Crippen molar-refractivity contribution in [2.45, 2.75) is 6.10 Å². The molecular formula is C9H9N3O5. The quantitative estimate of drug-likeness (QED) is 0.616. The maximum Gasteiger partial charge on any atom is 0.317 e. The highest BCUT2D eigenvalue weighted by molar-refractivity contribution is 5.53. The molecule has 1 fully saturated rings. The summed E-state index contributed by atoms with van der Waals surface area (Å²) in [5, 5.41) is 24.2. The van der Waals surface area contributed by atoms with E-state index in [9.17, 15) is 20.2 Å². The summed E-state index contributed by atoms with van der Waals surface area (Å²) < 4.78 is 5.35. The van der Waals surface area contributed by atoms with Gasteiger partial charge in [-0.1, -0.05) is 0 Å². The lowest BCUT2D eigenvalue weighted by molar-refractivity contribution is -0.394. The zero-order chi connectivity index (χ0) is 12.4. The topological polar surface area (TPSA) is 108 Å². The normalized spacial score (nSPS) is 15.1. The molecule has 1 saturated heterocycles. The third-order valence-electron chi connectivity index (χ3n) is 2.39. The summed E-state index contributed by atoms with van der Waals surface area (Å²) in [6.45, 7) is 1.24. The second-order valence-electron chi connectivity index (χ2n) is 3.56. The molecule has 1 aromatic rings. The second kappa shape index (κ2) is 4.34. The molecule has 8 nitrogen and oxygen atoms in total. The molecule has 0 bridgehead atoms. The molecule has 2 rings (SSSR count). The van der Waals surface area contributed by atoms with E-state index in [2.05, 4.69) is 5.32 Å². The summed E-state index contributed by atoms with van der Waals surface area (Å²) in [5.74, 6) is 0.0621.